The SMILES string of the molecule is CCOc1cc(CNc2ncn[nH]2)c(Cl)cc1OCc1ccccc1. The van der Waals surface area contributed by atoms with Gasteiger partial charge in [-0.05, 0) is 24.1 Å². The summed E-state index contributed by atoms with van der Waals surface area (Å²) in [6.45, 7) is 3.42. The Morgan fingerprint density at radius 3 is 2.64 bits per heavy atom. The Balaban J connectivity index is 1.74. The monoisotopic (exact) mass is 358 g/mol. The van der Waals surface area contributed by atoms with Crippen molar-refractivity contribution in [3.05, 3.63) is 64.9 Å². The van der Waals surface area contributed by atoms with E-state index in [4.69, 9.17) is 21.1 Å². The molecule has 0 atom stereocenters. The Labute approximate surface area is 151 Å². The molecule has 0 bridgehead atoms. The van der Waals surface area contributed by atoms with Crippen molar-refractivity contribution < 1.29 is 9.47 Å². The predicted octanol–water partition coefficient (Wildman–Crippen LogP) is 4.05. The summed E-state index contributed by atoms with van der Waals surface area (Å²) in [5.74, 6) is 1.87. The molecule has 0 unspecified atom stereocenters. The van der Waals surface area contributed by atoms with Crippen LogP contribution in [0.15, 0.2) is 48.8 Å². The molecule has 130 valence electrons. The molecule has 2 aromatic carbocycles. The lowest BCUT2D eigenvalue weighted by atomic mass is 10.2. The molecule has 0 fully saturated rings. The van der Waals surface area contributed by atoms with Crippen molar-refractivity contribution in [2.75, 3.05) is 11.9 Å². The van der Waals surface area contributed by atoms with E-state index >= 15 is 0 Å². The third-order valence-electron chi connectivity index (χ3n) is 3.51. The van der Waals surface area contributed by atoms with Crippen molar-refractivity contribution in [2.24, 2.45) is 0 Å². The van der Waals surface area contributed by atoms with Crippen molar-refractivity contribution in [1.29, 1.82) is 0 Å². The molecule has 0 spiro atoms. The van der Waals surface area contributed by atoms with Gasteiger partial charge in [-0.15, -0.1) is 0 Å². The second-order valence-electron chi connectivity index (χ2n) is 5.29. The fourth-order valence-electron chi connectivity index (χ4n) is 2.30. The number of ether oxygens (including phenoxy) is 2. The van der Waals surface area contributed by atoms with E-state index in [1.807, 2.05) is 43.3 Å². The van der Waals surface area contributed by atoms with Crippen molar-refractivity contribution in [3.63, 3.8) is 0 Å². The molecule has 1 heterocycles. The largest absolute Gasteiger partial charge is 0.490 e. The van der Waals surface area contributed by atoms with E-state index in [9.17, 15) is 0 Å². The highest BCUT2D eigenvalue weighted by atomic mass is 35.5. The van der Waals surface area contributed by atoms with E-state index in [-0.39, 0.29) is 0 Å². The summed E-state index contributed by atoms with van der Waals surface area (Å²) in [6, 6.07) is 13.6. The van der Waals surface area contributed by atoms with Crippen LogP contribution < -0.4 is 14.8 Å². The van der Waals surface area contributed by atoms with Gasteiger partial charge in [-0.1, -0.05) is 41.9 Å². The van der Waals surface area contributed by atoms with Crippen LogP contribution >= 0.6 is 11.6 Å². The van der Waals surface area contributed by atoms with Crippen molar-refractivity contribution in [3.8, 4) is 11.5 Å². The van der Waals surface area contributed by atoms with Gasteiger partial charge in [-0.25, -0.2) is 10.1 Å². The fourth-order valence-corrected chi connectivity index (χ4v) is 2.52. The maximum absolute atomic E-state index is 6.40. The van der Waals surface area contributed by atoms with Crippen LogP contribution in [-0.4, -0.2) is 21.8 Å². The zero-order valence-electron chi connectivity index (χ0n) is 13.8. The number of anilines is 1. The molecule has 25 heavy (non-hydrogen) atoms. The van der Waals surface area contributed by atoms with Crippen LogP contribution in [0.2, 0.25) is 5.02 Å². The van der Waals surface area contributed by atoms with E-state index < -0.39 is 0 Å². The van der Waals surface area contributed by atoms with Gasteiger partial charge in [0.2, 0.25) is 5.95 Å². The number of hydrogen-bond donors (Lipinski definition) is 2. The number of benzene rings is 2. The predicted molar refractivity (Wildman–Crippen MR) is 97.1 cm³/mol. The van der Waals surface area contributed by atoms with Gasteiger partial charge in [-0.2, -0.15) is 5.10 Å². The Morgan fingerprint density at radius 1 is 1.12 bits per heavy atom. The molecular weight excluding hydrogens is 340 g/mol. The number of rotatable bonds is 8. The van der Waals surface area contributed by atoms with Crippen LogP contribution in [0.4, 0.5) is 5.95 Å². The van der Waals surface area contributed by atoms with Crippen molar-refractivity contribution in [2.45, 2.75) is 20.1 Å². The van der Waals surface area contributed by atoms with Crippen LogP contribution in [0.1, 0.15) is 18.1 Å². The smallest absolute Gasteiger partial charge is 0.218 e. The number of aromatic nitrogens is 3. The van der Waals surface area contributed by atoms with Gasteiger partial charge < -0.3 is 14.8 Å². The lowest BCUT2D eigenvalue weighted by Gasteiger charge is -2.15. The van der Waals surface area contributed by atoms with Crippen LogP contribution in [0.25, 0.3) is 0 Å². The highest BCUT2D eigenvalue weighted by Gasteiger charge is 2.12. The maximum Gasteiger partial charge on any atom is 0.218 e. The zero-order chi connectivity index (χ0) is 17.5. The average molecular weight is 359 g/mol. The summed E-state index contributed by atoms with van der Waals surface area (Å²) >= 11 is 6.40. The van der Waals surface area contributed by atoms with E-state index in [0.717, 1.165) is 11.1 Å². The molecule has 0 saturated heterocycles. The van der Waals surface area contributed by atoms with Gasteiger partial charge >= 0.3 is 0 Å². The Bertz CT molecular complexity index is 794. The molecular formula is C18H19ClN4O2. The number of nitrogens with zero attached hydrogens (tertiary/aromatic N) is 2. The Morgan fingerprint density at radius 2 is 1.92 bits per heavy atom. The topological polar surface area (TPSA) is 72.1 Å². The summed E-state index contributed by atoms with van der Waals surface area (Å²) in [6.07, 6.45) is 1.44. The van der Waals surface area contributed by atoms with Gasteiger partial charge in [0.1, 0.15) is 12.9 Å². The van der Waals surface area contributed by atoms with Gasteiger partial charge in [-0.3, -0.25) is 0 Å². The molecule has 0 amide bonds. The van der Waals surface area contributed by atoms with Gasteiger partial charge in [0.25, 0.3) is 0 Å². The molecule has 2 N–H and O–H groups in total. The van der Waals surface area contributed by atoms with Gasteiger partial charge in [0.15, 0.2) is 11.5 Å². The second kappa shape index (κ2) is 8.39. The molecule has 0 saturated carbocycles. The minimum absolute atomic E-state index is 0.451. The van der Waals surface area contributed by atoms with Crippen LogP contribution in [-0.2, 0) is 13.2 Å². The molecule has 0 aliphatic heterocycles. The summed E-state index contributed by atoms with van der Waals surface area (Å²) in [7, 11) is 0. The van der Waals surface area contributed by atoms with E-state index in [1.54, 1.807) is 6.07 Å². The molecule has 0 aliphatic rings. The maximum atomic E-state index is 6.40. The highest BCUT2D eigenvalue weighted by Crippen LogP contribution is 2.34. The second-order valence-corrected chi connectivity index (χ2v) is 5.69. The first-order valence-corrected chi connectivity index (χ1v) is 8.35. The number of halogens is 1. The van der Waals surface area contributed by atoms with Crippen LogP contribution in [0.3, 0.4) is 0 Å². The van der Waals surface area contributed by atoms with E-state index in [0.29, 0.717) is 42.2 Å². The molecule has 6 nitrogen and oxygen atoms in total. The first kappa shape index (κ1) is 17.1. The lowest BCUT2D eigenvalue weighted by molar-refractivity contribution is 0.269. The number of H-pyrrole nitrogens is 1. The lowest BCUT2D eigenvalue weighted by Crippen LogP contribution is -2.04. The molecule has 3 aromatic rings. The zero-order valence-corrected chi connectivity index (χ0v) is 14.6. The first-order chi connectivity index (χ1) is 12.3. The molecule has 0 radical (unpaired) electrons. The fraction of sp³-hybridized carbons (Fsp3) is 0.222. The summed E-state index contributed by atoms with van der Waals surface area (Å²) in [4.78, 5) is 4.02. The van der Waals surface area contributed by atoms with Crippen molar-refractivity contribution >= 4 is 17.5 Å². The third kappa shape index (κ3) is 4.64. The number of aromatic amines is 1. The van der Waals surface area contributed by atoms with E-state index in [1.165, 1.54) is 6.33 Å². The first-order valence-electron chi connectivity index (χ1n) is 7.97. The normalized spacial score (nSPS) is 10.5. The average Bonchev–Trinajstić information content (AvgIpc) is 3.15. The Hall–Kier alpha value is -2.73. The number of hydrogen-bond acceptors (Lipinski definition) is 5. The molecule has 7 heteroatoms. The summed E-state index contributed by atoms with van der Waals surface area (Å²) < 4.78 is 11.6. The Kier molecular flexibility index (Phi) is 5.74. The number of nitrogens with one attached hydrogen (secondary N) is 2. The standard InChI is InChI=1S/C18H19ClN4O2/c1-2-24-16-8-14(10-20-18-21-12-22-23-18)15(19)9-17(16)25-11-13-6-4-3-5-7-13/h3-9,12H,2,10-11H2,1H3,(H2,20,21,22,23). The van der Waals surface area contributed by atoms with E-state index in [2.05, 4.69) is 20.5 Å². The quantitative estimate of drug-likeness (QED) is 0.635. The van der Waals surface area contributed by atoms with Crippen LogP contribution in [0, 0.1) is 0 Å². The van der Waals surface area contributed by atoms with Crippen LogP contribution in [0.5, 0.6) is 11.5 Å². The highest BCUT2D eigenvalue weighted by molar-refractivity contribution is 6.31. The van der Waals surface area contributed by atoms with Gasteiger partial charge in [0, 0.05) is 17.6 Å². The minimum atomic E-state index is 0.451. The molecule has 0 aliphatic carbocycles. The van der Waals surface area contributed by atoms with Crippen molar-refractivity contribution in [1.82, 2.24) is 15.2 Å². The minimum Gasteiger partial charge on any atom is -0.490 e. The third-order valence-corrected chi connectivity index (χ3v) is 3.86. The molecule has 3 rings (SSSR count). The van der Waals surface area contributed by atoms with Gasteiger partial charge in [0.05, 0.1) is 6.61 Å². The summed E-state index contributed by atoms with van der Waals surface area (Å²) in [5.41, 5.74) is 1.96. The molecule has 1 aromatic heterocycles. The summed E-state index contributed by atoms with van der Waals surface area (Å²) in [5, 5.41) is 10.3.